The summed E-state index contributed by atoms with van der Waals surface area (Å²) in [5.74, 6) is 0.883. The molecule has 2 aliphatic carbocycles. The zero-order chi connectivity index (χ0) is 24.3. The zero-order valence-electron chi connectivity index (χ0n) is 19.2. The fraction of sp³-hybridized carbons (Fsp3) is 0.636. The number of nitrogens with two attached hydrogens (primary N) is 1. The van der Waals surface area contributed by atoms with E-state index < -0.39 is 27.4 Å². The molecule has 0 aliphatic heterocycles. The lowest BCUT2D eigenvalue weighted by Gasteiger charge is -2.26. The molecule has 2 unspecified atom stereocenters. The van der Waals surface area contributed by atoms with Crippen LogP contribution in [0.3, 0.4) is 0 Å². The Hall–Kier alpha value is -2.14. The van der Waals surface area contributed by atoms with Crippen LogP contribution in [0.15, 0.2) is 18.3 Å². The van der Waals surface area contributed by atoms with Crippen LogP contribution in [0.25, 0.3) is 11.3 Å². The number of nitrogens with zero attached hydrogens (tertiary/aromatic N) is 4. The van der Waals surface area contributed by atoms with Gasteiger partial charge in [0.2, 0.25) is 0 Å². The van der Waals surface area contributed by atoms with E-state index >= 15 is 0 Å². The van der Waals surface area contributed by atoms with Crippen molar-refractivity contribution in [1.29, 1.82) is 0 Å². The van der Waals surface area contributed by atoms with Gasteiger partial charge in [-0.3, -0.25) is 4.68 Å². The van der Waals surface area contributed by atoms with Crippen molar-refractivity contribution in [1.82, 2.24) is 19.7 Å². The summed E-state index contributed by atoms with van der Waals surface area (Å²) in [4.78, 5) is 5.88. The largest absolute Gasteiger partial charge is 0.419 e. The van der Waals surface area contributed by atoms with E-state index in [1.165, 1.54) is 12.5 Å². The molecular formula is C22H30F3N5O2S. The lowest BCUT2D eigenvalue weighted by molar-refractivity contribution is -0.137. The average molecular weight is 486 g/mol. The molecule has 33 heavy (non-hydrogen) atoms. The normalized spacial score (nSPS) is 25.1. The minimum absolute atomic E-state index is 0.0622. The van der Waals surface area contributed by atoms with Crippen LogP contribution in [-0.4, -0.2) is 59.7 Å². The van der Waals surface area contributed by atoms with Gasteiger partial charge in [0.25, 0.3) is 0 Å². The number of alkyl halides is 3. The van der Waals surface area contributed by atoms with Gasteiger partial charge >= 0.3 is 6.18 Å². The van der Waals surface area contributed by atoms with E-state index in [4.69, 9.17) is 5.73 Å². The second kappa shape index (κ2) is 8.26. The van der Waals surface area contributed by atoms with Gasteiger partial charge in [0.05, 0.1) is 17.0 Å². The second-order valence-corrected chi connectivity index (χ2v) is 12.0. The van der Waals surface area contributed by atoms with E-state index in [1.54, 1.807) is 0 Å². The number of nitrogen functional groups attached to an aromatic ring is 1. The topological polar surface area (TPSA) is 94.1 Å². The Balaban J connectivity index is 1.53. The van der Waals surface area contributed by atoms with Crippen molar-refractivity contribution >= 4 is 15.7 Å². The molecular weight excluding hydrogens is 455 g/mol. The van der Waals surface area contributed by atoms with Crippen LogP contribution in [0.4, 0.5) is 19.0 Å². The molecule has 0 saturated heterocycles. The smallest absolute Gasteiger partial charge is 0.383 e. The van der Waals surface area contributed by atoms with E-state index in [2.05, 4.69) is 15.0 Å². The van der Waals surface area contributed by atoms with E-state index in [0.29, 0.717) is 41.6 Å². The third-order valence-electron chi connectivity index (χ3n) is 6.97. The Morgan fingerprint density at radius 1 is 1.24 bits per heavy atom. The number of pyridine rings is 1. The number of hydrogen-bond acceptors (Lipinski definition) is 6. The third kappa shape index (κ3) is 4.89. The van der Waals surface area contributed by atoms with Gasteiger partial charge in [-0.1, -0.05) is 0 Å². The molecule has 2 fully saturated rings. The summed E-state index contributed by atoms with van der Waals surface area (Å²) < 4.78 is 64.7. The highest BCUT2D eigenvalue weighted by molar-refractivity contribution is 7.90. The number of fused-ring (bicyclic) bond motifs is 1. The molecule has 4 rings (SSSR count). The Morgan fingerprint density at radius 2 is 1.88 bits per heavy atom. The molecule has 0 aromatic carbocycles. The maximum atomic E-state index is 13.3. The molecule has 182 valence electrons. The zero-order valence-corrected chi connectivity index (χ0v) is 20.0. The first-order valence-electron chi connectivity index (χ1n) is 11.1. The Kier molecular flexibility index (Phi) is 6.01. The molecule has 2 aromatic heterocycles. The highest BCUT2D eigenvalue weighted by atomic mass is 32.2. The van der Waals surface area contributed by atoms with Gasteiger partial charge in [-0.2, -0.15) is 18.3 Å². The minimum Gasteiger partial charge on any atom is -0.383 e. The average Bonchev–Trinajstić information content (AvgIpc) is 3.07. The van der Waals surface area contributed by atoms with E-state index in [9.17, 15) is 21.6 Å². The van der Waals surface area contributed by atoms with Crippen molar-refractivity contribution in [2.75, 3.05) is 31.3 Å². The number of hydrogen-bond donors (Lipinski definition) is 1. The highest BCUT2D eigenvalue weighted by Crippen LogP contribution is 2.64. The molecule has 2 aliphatic rings. The predicted molar refractivity (Wildman–Crippen MR) is 120 cm³/mol. The number of sulfone groups is 1. The first kappa shape index (κ1) is 24.0. The van der Waals surface area contributed by atoms with Crippen LogP contribution in [-0.2, 0) is 16.0 Å². The van der Waals surface area contributed by atoms with E-state index in [0.717, 1.165) is 24.6 Å². The summed E-state index contributed by atoms with van der Waals surface area (Å²) in [6.07, 6.45) is -0.0301. The summed E-state index contributed by atoms with van der Waals surface area (Å²) in [6.45, 7) is 4.53. The SMILES string of the molecule is CC(C)n1nc(-c2cnc(N)c(C(F)(F)F)c2)cc1C1[C@H]2CC(N(C)CCS(C)(=O)=O)C[C@@H]12. The quantitative estimate of drug-likeness (QED) is 0.644. The number of rotatable bonds is 7. The Labute approximate surface area is 192 Å². The molecule has 2 saturated carbocycles. The second-order valence-electron chi connectivity index (χ2n) is 9.74. The molecule has 0 bridgehead atoms. The monoisotopic (exact) mass is 485 g/mol. The van der Waals surface area contributed by atoms with Crippen LogP contribution in [0, 0.1) is 11.8 Å². The van der Waals surface area contributed by atoms with E-state index in [1.807, 2.05) is 31.6 Å². The van der Waals surface area contributed by atoms with Crippen LogP contribution in [0.2, 0.25) is 0 Å². The number of aromatic nitrogens is 3. The van der Waals surface area contributed by atoms with Crippen molar-refractivity contribution in [3.05, 3.63) is 29.6 Å². The van der Waals surface area contributed by atoms with Crippen molar-refractivity contribution in [3.8, 4) is 11.3 Å². The van der Waals surface area contributed by atoms with Crippen LogP contribution in [0.5, 0.6) is 0 Å². The van der Waals surface area contributed by atoms with Crippen LogP contribution >= 0.6 is 0 Å². The highest BCUT2D eigenvalue weighted by Gasteiger charge is 2.58. The third-order valence-corrected chi connectivity index (χ3v) is 7.90. The molecule has 0 spiro atoms. The number of halogens is 3. The van der Waals surface area contributed by atoms with Gasteiger partial charge in [0.1, 0.15) is 15.7 Å². The van der Waals surface area contributed by atoms with Crippen molar-refractivity contribution in [2.45, 2.75) is 50.9 Å². The molecule has 0 amide bonds. The van der Waals surface area contributed by atoms with Gasteiger partial charge in [-0.25, -0.2) is 13.4 Å². The van der Waals surface area contributed by atoms with Gasteiger partial charge in [0.15, 0.2) is 0 Å². The first-order chi connectivity index (χ1) is 15.3. The Morgan fingerprint density at radius 3 is 2.42 bits per heavy atom. The molecule has 11 heteroatoms. The fourth-order valence-corrected chi connectivity index (χ4v) is 5.78. The lowest BCUT2D eigenvalue weighted by atomic mass is 10.0. The summed E-state index contributed by atoms with van der Waals surface area (Å²) in [5, 5.41) is 4.62. The maximum absolute atomic E-state index is 13.3. The standard InChI is InChI=1S/C22H30F3N5O2S/c1-12(2)30-19(10-18(28-30)13-7-17(22(23,24)25)21(26)27-11-13)20-15-8-14(9-16(15)20)29(3)5-6-33(4,31)32/h7,10-12,14-16,20H,5-6,8-9H2,1-4H3,(H2,26,27)/t14?,15-,16+,20?. The van der Waals surface area contributed by atoms with Crippen LogP contribution < -0.4 is 5.73 Å². The van der Waals surface area contributed by atoms with Crippen LogP contribution in [0.1, 0.15) is 49.9 Å². The summed E-state index contributed by atoms with van der Waals surface area (Å²) in [5.41, 5.74) is 6.29. The fourth-order valence-electron chi connectivity index (χ4n) is 5.16. The van der Waals surface area contributed by atoms with Gasteiger partial charge in [-0.05, 0) is 57.7 Å². The summed E-state index contributed by atoms with van der Waals surface area (Å²) in [7, 11) is -1.02. The molecule has 0 radical (unpaired) electrons. The van der Waals surface area contributed by atoms with Gasteiger partial charge in [0, 0.05) is 48.3 Å². The van der Waals surface area contributed by atoms with Crippen molar-refractivity contribution < 1.29 is 21.6 Å². The molecule has 2 heterocycles. The molecule has 7 nitrogen and oxygen atoms in total. The van der Waals surface area contributed by atoms with E-state index in [-0.39, 0.29) is 11.8 Å². The maximum Gasteiger partial charge on any atom is 0.419 e. The lowest BCUT2D eigenvalue weighted by Crippen LogP contribution is -2.34. The van der Waals surface area contributed by atoms with Crippen molar-refractivity contribution in [3.63, 3.8) is 0 Å². The number of anilines is 1. The van der Waals surface area contributed by atoms with Gasteiger partial charge in [-0.15, -0.1) is 0 Å². The predicted octanol–water partition coefficient (Wildman–Crippen LogP) is 3.60. The van der Waals surface area contributed by atoms with Crippen molar-refractivity contribution in [2.24, 2.45) is 11.8 Å². The molecule has 2 N–H and O–H groups in total. The Bertz CT molecular complexity index is 1130. The van der Waals surface area contributed by atoms with Gasteiger partial charge < -0.3 is 10.6 Å². The summed E-state index contributed by atoms with van der Waals surface area (Å²) >= 11 is 0. The summed E-state index contributed by atoms with van der Waals surface area (Å²) in [6, 6.07) is 3.31. The molecule has 2 aromatic rings. The molecule has 4 atom stereocenters. The minimum atomic E-state index is -4.58. The first-order valence-corrected chi connectivity index (χ1v) is 13.1.